The van der Waals surface area contributed by atoms with Gasteiger partial charge in [0.2, 0.25) is 0 Å². The molecule has 11 heavy (non-hydrogen) atoms. The molecule has 1 aromatic carbocycles. The summed E-state index contributed by atoms with van der Waals surface area (Å²) in [5.74, 6) is 0. The van der Waals surface area contributed by atoms with E-state index in [2.05, 4.69) is 19.1 Å². The minimum atomic E-state index is 0. The summed E-state index contributed by atoms with van der Waals surface area (Å²) in [7, 11) is 0. The van der Waals surface area contributed by atoms with Crippen molar-refractivity contribution in [2.45, 2.75) is 20.8 Å². The molecule has 1 rings (SSSR count). The van der Waals surface area contributed by atoms with Gasteiger partial charge in [-0.1, -0.05) is 29.3 Å². The monoisotopic (exact) mass is 256 g/mol. The van der Waals surface area contributed by atoms with Crippen molar-refractivity contribution in [1.29, 1.82) is 0 Å². The maximum absolute atomic E-state index is 5.95. The van der Waals surface area contributed by atoms with Gasteiger partial charge in [0.25, 0.3) is 0 Å². The average molecular weight is 256 g/mol. The quantitative estimate of drug-likeness (QED) is 0.624. The molecular weight excluding hydrogens is 245 g/mol. The summed E-state index contributed by atoms with van der Waals surface area (Å²) in [4.78, 5) is 0. The molecule has 0 unspecified atom stereocenters. The number of benzene rings is 1. The second-order valence-electron chi connectivity index (χ2n) is 2.71. The number of aryl methyl sites for hydroxylation is 3. The van der Waals surface area contributed by atoms with E-state index in [1.54, 1.807) is 0 Å². The summed E-state index contributed by atoms with van der Waals surface area (Å²) in [5, 5.41) is 0.894. The van der Waals surface area contributed by atoms with Gasteiger partial charge in [-0.3, -0.25) is 0 Å². The SMILES string of the molecule is Cc1cc(C)c(Cl)c(C)c1.[Ru]. The van der Waals surface area contributed by atoms with Crippen molar-refractivity contribution >= 4 is 11.6 Å². The van der Waals surface area contributed by atoms with E-state index >= 15 is 0 Å². The molecule has 0 nitrogen and oxygen atoms in total. The zero-order valence-electron chi connectivity index (χ0n) is 6.89. The summed E-state index contributed by atoms with van der Waals surface area (Å²) in [6.45, 7) is 6.14. The normalized spacial score (nSPS) is 9.09. The Balaban J connectivity index is 0.000001000. The molecule has 0 aliphatic rings. The van der Waals surface area contributed by atoms with E-state index in [4.69, 9.17) is 11.6 Å². The second-order valence-corrected chi connectivity index (χ2v) is 3.09. The molecule has 62 valence electrons. The van der Waals surface area contributed by atoms with E-state index in [9.17, 15) is 0 Å². The molecule has 0 amide bonds. The van der Waals surface area contributed by atoms with E-state index in [0.29, 0.717) is 0 Å². The minimum Gasteiger partial charge on any atom is -0.0838 e. The van der Waals surface area contributed by atoms with Crippen molar-refractivity contribution in [2.75, 3.05) is 0 Å². The molecular formula is C9H11ClRu. The van der Waals surface area contributed by atoms with Crippen LogP contribution in [0.2, 0.25) is 5.02 Å². The summed E-state index contributed by atoms with van der Waals surface area (Å²) in [6.07, 6.45) is 0. The van der Waals surface area contributed by atoms with Gasteiger partial charge >= 0.3 is 0 Å². The van der Waals surface area contributed by atoms with Crippen molar-refractivity contribution in [2.24, 2.45) is 0 Å². The Hall–Kier alpha value is 0.133. The topological polar surface area (TPSA) is 0 Å². The smallest absolute Gasteiger partial charge is 0.0464 e. The van der Waals surface area contributed by atoms with E-state index in [-0.39, 0.29) is 19.5 Å². The minimum absolute atomic E-state index is 0. The van der Waals surface area contributed by atoms with E-state index in [1.807, 2.05) is 13.8 Å². The first-order valence-corrected chi connectivity index (χ1v) is 3.72. The number of rotatable bonds is 0. The van der Waals surface area contributed by atoms with Crippen LogP contribution in [0.5, 0.6) is 0 Å². The van der Waals surface area contributed by atoms with Crippen molar-refractivity contribution in [3.63, 3.8) is 0 Å². The number of hydrogen-bond acceptors (Lipinski definition) is 0. The van der Waals surface area contributed by atoms with Gasteiger partial charge < -0.3 is 0 Å². The van der Waals surface area contributed by atoms with Crippen LogP contribution >= 0.6 is 11.6 Å². The van der Waals surface area contributed by atoms with Gasteiger partial charge in [0.15, 0.2) is 0 Å². The third kappa shape index (κ3) is 2.58. The van der Waals surface area contributed by atoms with Crippen LogP contribution in [0.25, 0.3) is 0 Å². The first kappa shape index (κ1) is 11.1. The molecule has 0 aliphatic carbocycles. The largest absolute Gasteiger partial charge is 0.0838 e. The predicted octanol–water partition coefficient (Wildman–Crippen LogP) is 3.26. The van der Waals surface area contributed by atoms with E-state index in [0.717, 1.165) is 5.02 Å². The maximum Gasteiger partial charge on any atom is 0.0464 e. The van der Waals surface area contributed by atoms with Gasteiger partial charge in [-0.05, 0) is 31.9 Å². The Morgan fingerprint density at radius 1 is 1.00 bits per heavy atom. The molecule has 0 atom stereocenters. The van der Waals surface area contributed by atoms with E-state index < -0.39 is 0 Å². The summed E-state index contributed by atoms with van der Waals surface area (Å²) >= 11 is 5.95. The van der Waals surface area contributed by atoms with Gasteiger partial charge in [0.1, 0.15) is 0 Å². The standard InChI is InChI=1S/C9H11Cl.Ru/c1-6-4-7(2)9(10)8(3)5-6;/h4-5H,1-3H3;. The number of hydrogen-bond donors (Lipinski definition) is 0. The van der Waals surface area contributed by atoms with Gasteiger partial charge in [-0.15, -0.1) is 0 Å². The van der Waals surface area contributed by atoms with Crippen LogP contribution in [0.15, 0.2) is 12.1 Å². The molecule has 0 saturated heterocycles. The third-order valence-electron chi connectivity index (χ3n) is 1.58. The number of halogens is 1. The molecule has 1 aromatic rings. The summed E-state index contributed by atoms with van der Waals surface area (Å²) in [6, 6.07) is 4.19. The average Bonchev–Trinajstić information content (AvgIpc) is 1.82. The Morgan fingerprint density at radius 2 is 1.36 bits per heavy atom. The van der Waals surface area contributed by atoms with Crippen molar-refractivity contribution < 1.29 is 19.5 Å². The zero-order valence-corrected chi connectivity index (χ0v) is 9.38. The Bertz CT molecular complexity index is 233. The van der Waals surface area contributed by atoms with Crippen LogP contribution in [0, 0.1) is 20.8 Å². The Labute approximate surface area is 85.7 Å². The fraction of sp³-hybridized carbons (Fsp3) is 0.333. The van der Waals surface area contributed by atoms with Gasteiger partial charge in [-0.25, -0.2) is 0 Å². The van der Waals surface area contributed by atoms with Crippen LogP contribution < -0.4 is 0 Å². The van der Waals surface area contributed by atoms with Gasteiger partial charge in [0, 0.05) is 24.5 Å². The first-order chi connectivity index (χ1) is 4.61. The molecule has 0 spiro atoms. The fourth-order valence-electron chi connectivity index (χ4n) is 1.16. The molecule has 0 N–H and O–H groups in total. The molecule has 0 saturated carbocycles. The molecule has 0 bridgehead atoms. The van der Waals surface area contributed by atoms with Gasteiger partial charge in [0.05, 0.1) is 0 Å². The molecule has 0 fully saturated rings. The van der Waals surface area contributed by atoms with E-state index in [1.165, 1.54) is 16.7 Å². The van der Waals surface area contributed by atoms with Crippen LogP contribution in [-0.4, -0.2) is 0 Å². The van der Waals surface area contributed by atoms with Gasteiger partial charge in [-0.2, -0.15) is 0 Å². The van der Waals surface area contributed by atoms with Crippen molar-refractivity contribution in [3.8, 4) is 0 Å². The van der Waals surface area contributed by atoms with Crippen LogP contribution in [0.4, 0.5) is 0 Å². The Kier molecular flexibility index (Phi) is 4.28. The van der Waals surface area contributed by atoms with Crippen LogP contribution in [0.3, 0.4) is 0 Å². The molecule has 0 aromatic heterocycles. The van der Waals surface area contributed by atoms with Crippen molar-refractivity contribution in [3.05, 3.63) is 33.8 Å². The third-order valence-corrected chi connectivity index (χ3v) is 2.18. The first-order valence-electron chi connectivity index (χ1n) is 3.34. The van der Waals surface area contributed by atoms with Crippen LogP contribution in [-0.2, 0) is 19.5 Å². The molecule has 0 radical (unpaired) electrons. The Morgan fingerprint density at radius 3 is 1.73 bits per heavy atom. The summed E-state index contributed by atoms with van der Waals surface area (Å²) in [5.41, 5.74) is 3.61. The second kappa shape index (κ2) is 4.23. The van der Waals surface area contributed by atoms with Crippen LogP contribution in [0.1, 0.15) is 16.7 Å². The predicted molar refractivity (Wildman–Crippen MR) is 45.7 cm³/mol. The summed E-state index contributed by atoms with van der Waals surface area (Å²) < 4.78 is 0. The molecule has 0 heterocycles. The molecule has 2 heteroatoms. The fourth-order valence-corrected chi connectivity index (χ4v) is 1.27. The maximum atomic E-state index is 5.95. The molecule has 0 aliphatic heterocycles. The zero-order chi connectivity index (χ0) is 7.72. The van der Waals surface area contributed by atoms with Crippen molar-refractivity contribution in [1.82, 2.24) is 0 Å².